The Morgan fingerprint density at radius 2 is 1.95 bits per heavy atom. The Balaban J connectivity index is 0.00000324. The standard InChI is InChI=1S/C13H18F3NO.ClH/c1-2-3-4-8-12(17)10-6-5-7-11(9-10)18-13(14,15)16;/h5-7,9,12H,2-4,8,17H2,1H3;1H/t12-;/m1./s1. The number of rotatable bonds is 6. The molecule has 0 bridgehead atoms. The molecule has 0 aliphatic carbocycles. The van der Waals surface area contributed by atoms with Gasteiger partial charge in [-0.15, -0.1) is 25.6 Å². The molecule has 0 radical (unpaired) electrons. The summed E-state index contributed by atoms with van der Waals surface area (Å²) in [5.74, 6) is -0.217. The number of ether oxygens (including phenoxy) is 1. The Labute approximate surface area is 117 Å². The number of alkyl halides is 3. The fraction of sp³-hybridized carbons (Fsp3) is 0.538. The van der Waals surface area contributed by atoms with Gasteiger partial charge in [-0.1, -0.05) is 38.3 Å². The molecule has 2 nitrogen and oxygen atoms in total. The van der Waals surface area contributed by atoms with E-state index in [1.165, 1.54) is 18.2 Å². The first kappa shape index (κ1) is 18.1. The Bertz CT molecular complexity index is 371. The van der Waals surface area contributed by atoms with Gasteiger partial charge < -0.3 is 10.5 Å². The van der Waals surface area contributed by atoms with E-state index < -0.39 is 6.36 Å². The van der Waals surface area contributed by atoms with E-state index in [1.807, 2.05) is 0 Å². The molecular formula is C13H19ClF3NO. The Morgan fingerprint density at radius 3 is 2.53 bits per heavy atom. The molecule has 0 amide bonds. The fourth-order valence-electron chi connectivity index (χ4n) is 1.72. The minimum atomic E-state index is -4.66. The average Bonchev–Trinajstić information content (AvgIpc) is 2.27. The minimum absolute atomic E-state index is 0. The summed E-state index contributed by atoms with van der Waals surface area (Å²) in [6, 6.07) is 5.63. The van der Waals surface area contributed by atoms with Crippen LogP contribution < -0.4 is 10.5 Å². The van der Waals surface area contributed by atoms with Crippen molar-refractivity contribution in [2.45, 2.75) is 45.0 Å². The second-order valence-electron chi connectivity index (χ2n) is 4.22. The zero-order chi connectivity index (χ0) is 13.6. The monoisotopic (exact) mass is 297 g/mol. The lowest BCUT2D eigenvalue weighted by atomic mass is 10.0. The molecule has 2 N–H and O–H groups in total. The van der Waals surface area contributed by atoms with Gasteiger partial charge in [0.2, 0.25) is 0 Å². The van der Waals surface area contributed by atoms with Gasteiger partial charge in [0.05, 0.1) is 0 Å². The van der Waals surface area contributed by atoms with Crippen molar-refractivity contribution >= 4 is 12.4 Å². The highest BCUT2D eigenvalue weighted by Crippen LogP contribution is 2.26. The summed E-state index contributed by atoms with van der Waals surface area (Å²) in [6.07, 6.45) is -0.757. The van der Waals surface area contributed by atoms with Gasteiger partial charge in [-0.2, -0.15) is 0 Å². The molecule has 1 atom stereocenters. The van der Waals surface area contributed by atoms with Crippen molar-refractivity contribution in [2.24, 2.45) is 5.73 Å². The van der Waals surface area contributed by atoms with Crippen LogP contribution in [0, 0.1) is 0 Å². The average molecular weight is 298 g/mol. The van der Waals surface area contributed by atoms with Crippen molar-refractivity contribution in [3.8, 4) is 5.75 Å². The fourth-order valence-corrected chi connectivity index (χ4v) is 1.72. The zero-order valence-electron chi connectivity index (χ0n) is 10.7. The summed E-state index contributed by atoms with van der Waals surface area (Å²) in [7, 11) is 0. The van der Waals surface area contributed by atoms with Crippen LogP contribution in [0.25, 0.3) is 0 Å². The summed E-state index contributed by atoms with van der Waals surface area (Å²) >= 11 is 0. The Hall–Kier alpha value is -0.940. The van der Waals surface area contributed by atoms with Crippen LogP contribution in [0.2, 0.25) is 0 Å². The van der Waals surface area contributed by atoms with Crippen LogP contribution in [-0.4, -0.2) is 6.36 Å². The van der Waals surface area contributed by atoms with Crippen molar-refractivity contribution in [1.82, 2.24) is 0 Å². The van der Waals surface area contributed by atoms with Gasteiger partial charge in [-0.25, -0.2) is 0 Å². The summed E-state index contributed by atoms with van der Waals surface area (Å²) in [5, 5.41) is 0. The van der Waals surface area contributed by atoms with E-state index in [4.69, 9.17) is 5.73 Å². The Morgan fingerprint density at radius 1 is 1.26 bits per heavy atom. The lowest BCUT2D eigenvalue weighted by Gasteiger charge is -2.14. The second kappa shape index (κ2) is 8.27. The molecule has 0 aromatic heterocycles. The normalized spacial score (nSPS) is 12.7. The Kier molecular flexibility index (Phi) is 7.87. The third-order valence-corrected chi connectivity index (χ3v) is 2.64. The topological polar surface area (TPSA) is 35.2 Å². The van der Waals surface area contributed by atoms with Gasteiger partial charge in [0.1, 0.15) is 5.75 Å². The van der Waals surface area contributed by atoms with Crippen LogP contribution in [0.5, 0.6) is 5.75 Å². The first-order valence-corrected chi connectivity index (χ1v) is 6.03. The maximum absolute atomic E-state index is 12.1. The zero-order valence-corrected chi connectivity index (χ0v) is 11.6. The van der Waals surface area contributed by atoms with Crippen LogP contribution in [0.1, 0.15) is 44.2 Å². The molecule has 19 heavy (non-hydrogen) atoms. The predicted octanol–water partition coefficient (Wildman–Crippen LogP) is 4.59. The highest BCUT2D eigenvalue weighted by Gasteiger charge is 2.31. The van der Waals surface area contributed by atoms with E-state index in [1.54, 1.807) is 6.07 Å². The third kappa shape index (κ3) is 7.28. The molecule has 6 heteroatoms. The summed E-state index contributed by atoms with van der Waals surface area (Å²) in [5.41, 5.74) is 6.61. The molecule has 110 valence electrons. The molecule has 0 spiro atoms. The lowest BCUT2D eigenvalue weighted by Crippen LogP contribution is -2.17. The van der Waals surface area contributed by atoms with E-state index in [0.717, 1.165) is 25.7 Å². The number of unbranched alkanes of at least 4 members (excludes halogenated alkanes) is 2. The molecular weight excluding hydrogens is 279 g/mol. The first-order chi connectivity index (χ1) is 8.42. The van der Waals surface area contributed by atoms with Crippen molar-refractivity contribution in [1.29, 1.82) is 0 Å². The first-order valence-electron chi connectivity index (χ1n) is 6.03. The highest BCUT2D eigenvalue weighted by molar-refractivity contribution is 5.85. The van der Waals surface area contributed by atoms with Crippen molar-refractivity contribution in [3.05, 3.63) is 29.8 Å². The molecule has 0 saturated heterocycles. The molecule has 1 aromatic rings. The molecule has 0 aliphatic heterocycles. The number of hydrogen-bond acceptors (Lipinski definition) is 2. The van der Waals surface area contributed by atoms with E-state index >= 15 is 0 Å². The van der Waals surface area contributed by atoms with E-state index in [-0.39, 0.29) is 24.2 Å². The molecule has 0 heterocycles. The van der Waals surface area contributed by atoms with Gasteiger partial charge in [-0.3, -0.25) is 0 Å². The number of hydrogen-bond donors (Lipinski definition) is 1. The summed E-state index contributed by atoms with van der Waals surface area (Å²) in [6.45, 7) is 2.09. The molecule has 0 fully saturated rings. The van der Waals surface area contributed by atoms with Crippen LogP contribution in [0.3, 0.4) is 0 Å². The van der Waals surface area contributed by atoms with Gasteiger partial charge in [0.15, 0.2) is 0 Å². The van der Waals surface area contributed by atoms with E-state index in [9.17, 15) is 13.2 Å². The van der Waals surface area contributed by atoms with Crippen molar-refractivity contribution in [3.63, 3.8) is 0 Å². The minimum Gasteiger partial charge on any atom is -0.406 e. The lowest BCUT2D eigenvalue weighted by molar-refractivity contribution is -0.274. The van der Waals surface area contributed by atoms with Crippen molar-refractivity contribution < 1.29 is 17.9 Å². The van der Waals surface area contributed by atoms with E-state index in [0.29, 0.717) is 5.56 Å². The van der Waals surface area contributed by atoms with Gasteiger partial charge in [0.25, 0.3) is 0 Å². The van der Waals surface area contributed by atoms with Crippen LogP contribution in [0.15, 0.2) is 24.3 Å². The van der Waals surface area contributed by atoms with Gasteiger partial charge in [-0.05, 0) is 24.1 Å². The molecule has 0 saturated carbocycles. The molecule has 1 aromatic carbocycles. The van der Waals surface area contributed by atoms with Gasteiger partial charge >= 0.3 is 6.36 Å². The number of benzene rings is 1. The number of halogens is 4. The molecule has 0 unspecified atom stereocenters. The number of nitrogens with two attached hydrogens (primary N) is 1. The quantitative estimate of drug-likeness (QED) is 0.780. The SMILES string of the molecule is CCCCC[C@@H](N)c1cccc(OC(F)(F)F)c1.Cl. The maximum Gasteiger partial charge on any atom is 0.573 e. The summed E-state index contributed by atoms with van der Waals surface area (Å²) in [4.78, 5) is 0. The molecule has 1 rings (SSSR count). The van der Waals surface area contributed by atoms with Crippen LogP contribution in [0.4, 0.5) is 13.2 Å². The van der Waals surface area contributed by atoms with Crippen LogP contribution >= 0.6 is 12.4 Å². The predicted molar refractivity (Wildman–Crippen MR) is 71.4 cm³/mol. The largest absolute Gasteiger partial charge is 0.573 e. The third-order valence-electron chi connectivity index (χ3n) is 2.64. The van der Waals surface area contributed by atoms with Gasteiger partial charge in [0, 0.05) is 6.04 Å². The van der Waals surface area contributed by atoms with Crippen molar-refractivity contribution in [2.75, 3.05) is 0 Å². The highest BCUT2D eigenvalue weighted by atomic mass is 35.5. The maximum atomic E-state index is 12.1. The molecule has 0 aliphatic rings. The summed E-state index contributed by atoms with van der Waals surface area (Å²) < 4.78 is 40.1. The van der Waals surface area contributed by atoms with Crippen LogP contribution in [-0.2, 0) is 0 Å². The second-order valence-corrected chi connectivity index (χ2v) is 4.22. The van der Waals surface area contributed by atoms with E-state index in [2.05, 4.69) is 11.7 Å². The smallest absolute Gasteiger partial charge is 0.406 e.